The molecular formula is C6H14B2F4N2. The van der Waals surface area contributed by atoms with Crippen molar-refractivity contribution in [3.05, 3.63) is 4.85 Å². The van der Waals surface area contributed by atoms with Crippen molar-refractivity contribution < 1.29 is 21.7 Å². The summed E-state index contributed by atoms with van der Waals surface area (Å²) < 4.78 is 39.8. The van der Waals surface area contributed by atoms with E-state index in [1.54, 1.807) is 0 Å². The molecule has 0 saturated heterocycles. The third-order valence-electron chi connectivity index (χ3n) is 0.694. The number of quaternary nitrogens is 1. The van der Waals surface area contributed by atoms with Crippen LogP contribution in [0.5, 0.6) is 0 Å². The first-order valence-corrected chi connectivity index (χ1v) is 4.01. The molecule has 0 atom stereocenters. The second-order valence-corrected chi connectivity index (χ2v) is 3.34. The van der Waals surface area contributed by atoms with E-state index in [9.17, 15) is 17.3 Å². The Balaban J connectivity index is 0. The van der Waals surface area contributed by atoms with E-state index in [1.165, 1.54) is 0 Å². The van der Waals surface area contributed by atoms with Gasteiger partial charge in [-0.1, -0.05) is 0 Å². The first-order valence-electron chi connectivity index (χ1n) is 4.01. The quantitative estimate of drug-likeness (QED) is 0.461. The summed E-state index contributed by atoms with van der Waals surface area (Å²) in [6.07, 6.45) is 0. The molecule has 0 saturated carbocycles. The monoisotopic (exact) mass is 212 g/mol. The molecule has 0 aromatic heterocycles. The van der Waals surface area contributed by atoms with Gasteiger partial charge in [-0.05, 0) is 0 Å². The predicted molar refractivity (Wildman–Crippen MR) is 51.8 cm³/mol. The van der Waals surface area contributed by atoms with Crippen LogP contribution in [-0.2, 0) is 0 Å². The highest BCUT2D eigenvalue weighted by Gasteiger charge is 2.20. The van der Waals surface area contributed by atoms with Crippen LogP contribution in [0.2, 0.25) is 0 Å². The lowest BCUT2D eigenvalue weighted by Crippen LogP contribution is -2.37. The normalized spacial score (nSPS) is 10.9. The van der Waals surface area contributed by atoms with Crippen LogP contribution in [0, 0.1) is 5.97 Å². The second kappa shape index (κ2) is 6.71. The summed E-state index contributed by atoms with van der Waals surface area (Å²) in [6, 6.07) is 0. The van der Waals surface area contributed by atoms with Gasteiger partial charge in [0.15, 0.2) is 7.41 Å². The number of halogens is 4. The van der Waals surface area contributed by atoms with Crippen molar-refractivity contribution in [2.24, 2.45) is 0 Å². The van der Waals surface area contributed by atoms with Crippen LogP contribution in [0.4, 0.5) is 17.3 Å². The molecule has 0 rings (SSSR count). The summed E-state index contributed by atoms with van der Waals surface area (Å²) in [5.41, 5.74) is 0. The lowest BCUT2D eigenvalue weighted by Gasteiger charge is -2.32. The Bertz CT molecular complexity index is 195. The van der Waals surface area contributed by atoms with Gasteiger partial charge in [0.05, 0.1) is 0 Å². The van der Waals surface area contributed by atoms with Crippen LogP contribution in [0.15, 0.2) is 0 Å². The molecule has 8 heteroatoms. The molecule has 0 N–H and O–H groups in total. The second-order valence-electron chi connectivity index (χ2n) is 3.34. The summed E-state index contributed by atoms with van der Waals surface area (Å²) in [5.74, 6) is 2.85. The lowest BCUT2D eigenvalue weighted by molar-refractivity contribution is -0.753. The molecule has 0 amide bonds. The summed E-state index contributed by atoms with van der Waals surface area (Å²) in [6.45, 7) is 2.81. The first kappa shape index (κ1) is 15.8. The highest BCUT2D eigenvalue weighted by atomic mass is 19.5. The molecule has 14 heavy (non-hydrogen) atoms. The van der Waals surface area contributed by atoms with Gasteiger partial charge in [-0.2, -0.15) is 0 Å². The molecule has 0 aliphatic heterocycles. The van der Waals surface area contributed by atoms with E-state index in [2.05, 4.69) is 32.0 Å². The highest BCUT2D eigenvalue weighted by Crippen LogP contribution is 2.06. The van der Waals surface area contributed by atoms with E-state index in [1.807, 2.05) is 14.3 Å². The van der Waals surface area contributed by atoms with Gasteiger partial charge in [0.1, 0.15) is 0 Å². The molecule has 0 aliphatic carbocycles. The molecule has 0 aliphatic rings. The van der Waals surface area contributed by atoms with Crippen LogP contribution in [0.3, 0.4) is 0 Å². The van der Waals surface area contributed by atoms with Gasteiger partial charge in [-0.3, -0.25) is 0 Å². The number of nitrogens with zero attached hydrogens (tertiary/aromatic N) is 2. The minimum atomic E-state index is -6.00. The minimum Gasteiger partial charge on any atom is -0.551 e. The van der Waals surface area contributed by atoms with Crippen molar-refractivity contribution in [3.8, 4) is 5.97 Å². The Morgan fingerprint density at radius 2 is 1.57 bits per heavy atom. The molecule has 0 aromatic carbocycles. The summed E-state index contributed by atoms with van der Waals surface area (Å²) in [5, 5.41) is 0. The maximum atomic E-state index is 9.75. The zero-order chi connectivity index (χ0) is 11.8. The highest BCUT2D eigenvalue weighted by molar-refractivity contribution is 6.50. The van der Waals surface area contributed by atoms with Gasteiger partial charge in [-0.15, -0.1) is 4.85 Å². The van der Waals surface area contributed by atoms with E-state index in [0.29, 0.717) is 0 Å². The zero-order valence-electron chi connectivity index (χ0n) is 8.77. The fourth-order valence-corrected chi connectivity index (χ4v) is 0.305. The fraction of sp³-hybridized carbons (Fsp3) is 0.833. The van der Waals surface area contributed by atoms with E-state index < -0.39 is 7.25 Å². The summed E-state index contributed by atoms with van der Waals surface area (Å²) >= 11 is 0. The molecular weight excluding hydrogens is 198 g/mol. The SMILES string of the molecule is CC[N+]#C[B-][N+](C)(C)C.F[B-](F)(F)F. The van der Waals surface area contributed by atoms with Crippen LogP contribution in [-0.4, -0.2) is 46.8 Å². The van der Waals surface area contributed by atoms with Crippen molar-refractivity contribution in [3.63, 3.8) is 0 Å². The largest absolute Gasteiger partial charge is 0.673 e. The average Bonchev–Trinajstić information content (AvgIpc) is 1.80. The lowest BCUT2D eigenvalue weighted by atomic mass is 9.93. The van der Waals surface area contributed by atoms with Gasteiger partial charge >= 0.3 is 7.25 Å². The van der Waals surface area contributed by atoms with E-state index in [0.717, 1.165) is 10.9 Å². The van der Waals surface area contributed by atoms with Crippen molar-refractivity contribution in [1.29, 1.82) is 0 Å². The maximum Gasteiger partial charge on any atom is 0.673 e. The summed E-state index contributed by atoms with van der Waals surface area (Å²) in [4.78, 5) is 3.94. The molecule has 0 fully saturated rings. The first-order chi connectivity index (χ1) is 6.06. The Morgan fingerprint density at radius 1 is 1.21 bits per heavy atom. The number of rotatable bonds is 1. The van der Waals surface area contributed by atoms with Crippen LogP contribution in [0.1, 0.15) is 6.92 Å². The average molecular weight is 212 g/mol. The zero-order valence-corrected chi connectivity index (χ0v) is 8.77. The molecule has 0 bridgehead atoms. The van der Waals surface area contributed by atoms with Crippen LogP contribution in [0.25, 0.3) is 4.85 Å². The van der Waals surface area contributed by atoms with Crippen molar-refractivity contribution >= 4 is 14.7 Å². The Hall–Kier alpha value is -0.700. The minimum absolute atomic E-state index is 0.781. The molecule has 0 heterocycles. The molecule has 2 nitrogen and oxygen atoms in total. The molecule has 0 spiro atoms. The van der Waals surface area contributed by atoms with E-state index in [4.69, 9.17) is 0 Å². The smallest absolute Gasteiger partial charge is 0.551 e. The Morgan fingerprint density at radius 3 is 1.79 bits per heavy atom. The van der Waals surface area contributed by atoms with E-state index >= 15 is 0 Å². The Labute approximate surface area is 82.7 Å². The molecule has 0 aromatic rings. The molecule has 82 valence electrons. The standard InChI is InChI=1S/C6H14BN2.BF4/c1-5-8-6-7-9(2,3)4;2-1(3,4)5/h5H2,1-4H3;/q+1;-1. The molecule has 0 unspecified atom stereocenters. The topological polar surface area (TPSA) is 4.36 Å². The van der Waals surface area contributed by atoms with Crippen LogP contribution >= 0.6 is 0 Å². The van der Waals surface area contributed by atoms with Gasteiger partial charge in [0, 0.05) is 34.0 Å². The number of hydrogen-bond acceptors (Lipinski definition) is 0. The van der Waals surface area contributed by atoms with Gasteiger partial charge in [0.25, 0.3) is 6.54 Å². The molecule has 2 radical (unpaired) electrons. The maximum absolute atomic E-state index is 9.75. The third kappa shape index (κ3) is 42.7. The van der Waals surface area contributed by atoms with Gasteiger partial charge in [0.2, 0.25) is 0 Å². The fourth-order valence-electron chi connectivity index (χ4n) is 0.305. The van der Waals surface area contributed by atoms with Crippen LogP contribution < -0.4 is 0 Å². The van der Waals surface area contributed by atoms with Gasteiger partial charge < -0.3 is 21.7 Å². The van der Waals surface area contributed by atoms with Crippen molar-refractivity contribution in [2.45, 2.75) is 6.92 Å². The number of hydrogen-bond donors (Lipinski definition) is 0. The van der Waals surface area contributed by atoms with E-state index in [-0.39, 0.29) is 0 Å². The predicted octanol–water partition coefficient (Wildman–Crippen LogP) is 1.92. The third-order valence-corrected chi connectivity index (χ3v) is 0.694. The van der Waals surface area contributed by atoms with Crippen molar-refractivity contribution in [2.75, 3.05) is 27.7 Å². The summed E-state index contributed by atoms with van der Waals surface area (Å²) in [7, 11) is 2.12. The van der Waals surface area contributed by atoms with Gasteiger partial charge in [-0.25, -0.2) is 0 Å². The Kier molecular flexibility index (Phi) is 7.55. The van der Waals surface area contributed by atoms with Crippen molar-refractivity contribution in [1.82, 2.24) is 0 Å².